The van der Waals surface area contributed by atoms with E-state index in [2.05, 4.69) is 22.1 Å². The molecule has 2 amide bonds. The molecule has 1 fully saturated rings. The molecule has 3 heterocycles. The second-order valence-corrected chi connectivity index (χ2v) is 8.05. The van der Waals surface area contributed by atoms with Gasteiger partial charge in [0.1, 0.15) is 0 Å². The van der Waals surface area contributed by atoms with E-state index in [1.165, 1.54) is 13.3 Å². The van der Waals surface area contributed by atoms with Crippen molar-refractivity contribution in [3.63, 3.8) is 0 Å². The number of rotatable bonds is 6. The third kappa shape index (κ3) is 5.03. The molecular formula is C26H28N4O3. The molecular weight excluding hydrogens is 416 g/mol. The Morgan fingerprint density at radius 2 is 1.88 bits per heavy atom. The van der Waals surface area contributed by atoms with E-state index in [0.717, 1.165) is 16.7 Å². The van der Waals surface area contributed by atoms with E-state index >= 15 is 0 Å². The highest BCUT2D eigenvalue weighted by atomic mass is 16.5. The van der Waals surface area contributed by atoms with Crippen molar-refractivity contribution in [3.05, 3.63) is 78.2 Å². The molecule has 7 nitrogen and oxygen atoms in total. The molecule has 1 atom stereocenters. The van der Waals surface area contributed by atoms with Crippen LogP contribution in [0.5, 0.6) is 5.88 Å². The van der Waals surface area contributed by atoms with Crippen LogP contribution >= 0.6 is 0 Å². The highest BCUT2D eigenvalue weighted by Gasteiger charge is 2.32. The summed E-state index contributed by atoms with van der Waals surface area (Å²) in [6.07, 6.45) is 5.62. The van der Waals surface area contributed by atoms with Crippen LogP contribution in [0, 0.1) is 5.92 Å². The molecule has 1 aromatic carbocycles. The van der Waals surface area contributed by atoms with Crippen molar-refractivity contribution in [2.24, 2.45) is 5.92 Å². The Hall–Kier alpha value is -3.74. The minimum atomic E-state index is -0.328. The lowest BCUT2D eigenvalue weighted by molar-refractivity contribution is -0.134. The number of benzene rings is 1. The van der Waals surface area contributed by atoms with E-state index < -0.39 is 0 Å². The molecule has 1 aliphatic rings. The lowest BCUT2D eigenvalue weighted by Gasteiger charge is -2.24. The summed E-state index contributed by atoms with van der Waals surface area (Å²) in [5.74, 6) is 0.0967. The number of aromatic nitrogens is 2. The number of carbonyl (C=O) groups excluding carboxylic acids is 2. The number of pyridine rings is 2. The van der Waals surface area contributed by atoms with E-state index in [4.69, 9.17) is 4.74 Å². The van der Waals surface area contributed by atoms with Crippen LogP contribution in [0.1, 0.15) is 22.8 Å². The zero-order valence-electron chi connectivity index (χ0n) is 19.0. The molecule has 2 aromatic heterocycles. The zero-order chi connectivity index (χ0) is 23.2. The predicted molar refractivity (Wildman–Crippen MR) is 126 cm³/mol. The average molecular weight is 445 g/mol. The smallest absolute Gasteiger partial charge is 0.255 e. The number of amides is 2. The van der Waals surface area contributed by atoms with E-state index in [-0.39, 0.29) is 17.7 Å². The van der Waals surface area contributed by atoms with Crippen LogP contribution in [0.4, 0.5) is 0 Å². The predicted octanol–water partition coefficient (Wildman–Crippen LogP) is 3.32. The highest BCUT2D eigenvalue weighted by molar-refractivity contribution is 5.94. The Morgan fingerprint density at radius 1 is 1.09 bits per heavy atom. The average Bonchev–Trinajstić information content (AvgIpc) is 3.03. The van der Waals surface area contributed by atoms with Gasteiger partial charge in [0.05, 0.1) is 18.6 Å². The Labute approximate surface area is 194 Å². The largest absolute Gasteiger partial charge is 0.481 e. The second kappa shape index (κ2) is 10.3. The maximum Gasteiger partial charge on any atom is 0.255 e. The summed E-state index contributed by atoms with van der Waals surface area (Å²) in [7, 11) is 1.54. The van der Waals surface area contributed by atoms with Crippen LogP contribution in [-0.2, 0) is 11.2 Å². The maximum absolute atomic E-state index is 13.4. The van der Waals surface area contributed by atoms with Crippen LogP contribution in [0.3, 0.4) is 0 Å². The van der Waals surface area contributed by atoms with Crippen LogP contribution in [-0.4, -0.2) is 64.9 Å². The summed E-state index contributed by atoms with van der Waals surface area (Å²) in [5.41, 5.74) is 3.71. The van der Waals surface area contributed by atoms with E-state index in [9.17, 15) is 9.59 Å². The van der Waals surface area contributed by atoms with Gasteiger partial charge in [0.2, 0.25) is 11.8 Å². The first kappa shape index (κ1) is 22.5. The van der Waals surface area contributed by atoms with Gasteiger partial charge in [-0.3, -0.25) is 14.6 Å². The summed E-state index contributed by atoms with van der Waals surface area (Å²) in [6, 6.07) is 15.4. The Bertz CT molecular complexity index is 1100. The molecule has 170 valence electrons. The molecule has 3 aromatic rings. The van der Waals surface area contributed by atoms with Gasteiger partial charge in [-0.1, -0.05) is 24.3 Å². The highest BCUT2D eigenvalue weighted by Crippen LogP contribution is 2.27. The Morgan fingerprint density at radius 3 is 2.58 bits per heavy atom. The number of hydrogen-bond acceptors (Lipinski definition) is 5. The van der Waals surface area contributed by atoms with Crippen molar-refractivity contribution in [3.8, 4) is 17.0 Å². The van der Waals surface area contributed by atoms with Gasteiger partial charge in [-0.15, -0.1) is 0 Å². The molecule has 0 bridgehead atoms. The Balaban J connectivity index is 1.61. The molecule has 0 N–H and O–H groups in total. The van der Waals surface area contributed by atoms with Crippen molar-refractivity contribution < 1.29 is 14.3 Å². The number of likely N-dealkylation sites (N-methyl/N-ethyl adjacent to an activating group) is 1. The third-order valence-electron chi connectivity index (χ3n) is 6.08. The molecule has 1 aliphatic heterocycles. The number of methoxy groups -OCH3 is 1. The van der Waals surface area contributed by atoms with Crippen molar-refractivity contribution in [2.75, 3.05) is 33.3 Å². The molecule has 0 radical (unpaired) electrons. The van der Waals surface area contributed by atoms with E-state index in [1.54, 1.807) is 29.4 Å². The van der Waals surface area contributed by atoms with Crippen molar-refractivity contribution in [1.29, 1.82) is 0 Å². The van der Waals surface area contributed by atoms with Gasteiger partial charge in [0.15, 0.2) is 0 Å². The number of ether oxygens (including phenoxy) is 1. The van der Waals surface area contributed by atoms with Crippen LogP contribution in [0.25, 0.3) is 11.1 Å². The summed E-state index contributed by atoms with van der Waals surface area (Å²) >= 11 is 0. The summed E-state index contributed by atoms with van der Waals surface area (Å²) in [6.45, 7) is 3.98. The lowest BCUT2D eigenvalue weighted by atomic mass is 9.91. The molecule has 4 rings (SSSR count). The summed E-state index contributed by atoms with van der Waals surface area (Å²) < 4.78 is 5.10. The second-order valence-electron chi connectivity index (χ2n) is 8.05. The first-order chi connectivity index (χ1) is 16.1. The van der Waals surface area contributed by atoms with Crippen LogP contribution < -0.4 is 4.74 Å². The van der Waals surface area contributed by atoms with Gasteiger partial charge in [0, 0.05) is 50.8 Å². The summed E-state index contributed by atoms with van der Waals surface area (Å²) in [4.78, 5) is 38.5. The van der Waals surface area contributed by atoms with E-state index in [0.29, 0.717) is 44.0 Å². The fourth-order valence-electron chi connectivity index (χ4n) is 4.28. The normalized spacial score (nSPS) is 16.4. The third-order valence-corrected chi connectivity index (χ3v) is 6.08. The fraction of sp³-hybridized carbons (Fsp3) is 0.308. The lowest BCUT2D eigenvalue weighted by Crippen LogP contribution is -2.38. The molecule has 1 saturated heterocycles. The molecule has 0 saturated carbocycles. The molecule has 0 aliphatic carbocycles. The monoisotopic (exact) mass is 444 g/mol. The van der Waals surface area contributed by atoms with Crippen LogP contribution in [0.2, 0.25) is 0 Å². The van der Waals surface area contributed by atoms with Crippen molar-refractivity contribution in [2.45, 2.75) is 13.3 Å². The number of hydrogen-bond donors (Lipinski definition) is 0. The minimum Gasteiger partial charge on any atom is -0.481 e. The van der Waals surface area contributed by atoms with Gasteiger partial charge >= 0.3 is 0 Å². The minimum absolute atomic E-state index is 0.0881. The Kier molecular flexibility index (Phi) is 6.98. The van der Waals surface area contributed by atoms with Crippen molar-refractivity contribution >= 4 is 11.8 Å². The van der Waals surface area contributed by atoms with Gasteiger partial charge in [-0.05, 0) is 48.2 Å². The number of nitrogens with zero attached hydrogens (tertiary/aromatic N) is 4. The quantitative estimate of drug-likeness (QED) is 0.583. The topological polar surface area (TPSA) is 75.6 Å². The maximum atomic E-state index is 13.4. The number of carbonyl (C=O) groups is 2. The first-order valence-electron chi connectivity index (χ1n) is 11.2. The first-order valence-corrected chi connectivity index (χ1v) is 11.2. The standard InChI is InChI=1S/C26H28N4O3/c1-3-29-14-15-30(25(31)21-8-9-24(33-2)28-17-21)18-22(26(29)32)16-20-6-4-5-7-23(20)19-10-12-27-13-11-19/h4-13,17,22H,3,14-16,18H2,1-2H3/t22-/m1/s1. The summed E-state index contributed by atoms with van der Waals surface area (Å²) in [5, 5.41) is 0. The van der Waals surface area contributed by atoms with Gasteiger partial charge in [0.25, 0.3) is 5.91 Å². The molecule has 0 unspecified atom stereocenters. The molecule has 0 spiro atoms. The molecule has 7 heteroatoms. The molecule has 33 heavy (non-hydrogen) atoms. The van der Waals surface area contributed by atoms with Gasteiger partial charge in [-0.25, -0.2) is 4.98 Å². The van der Waals surface area contributed by atoms with E-state index in [1.807, 2.05) is 36.1 Å². The fourth-order valence-corrected chi connectivity index (χ4v) is 4.28. The zero-order valence-corrected chi connectivity index (χ0v) is 19.0. The van der Waals surface area contributed by atoms with Crippen LogP contribution in [0.15, 0.2) is 67.1 Å². The SMILES string of the molecule is CCN1CCN(C(=O)c2ccc(OC)nc2)C[C@@H](Cc2ccccc2-c2ccncc2)C1=O. The van der Waals surface area contributed by atoms with Gasteiger partial charge in [-0.2, -0.15) is 0 Å². The van der Waals surface area contributed by atoms with Crippen molar-refractivity contribution in [1.82, 2.24) is 19.8 Å². The van der Waals surface area contributed by atoms with Gasteiger partial charge < -0.3 is 14.5 Å².